The van der Waals surface area contributed by atoms with Crippen LogP contribution in [-0.4, -0.2) is 31.5 Å². The maximum Gasteiger partial charge on any atom is 0.238 e. The molecule has 2 aromatic carbocycles. The van der Waals surface area contributed by atoms with E-state index in [1.54, 1.807) is 18.0 Å². The molecule has 2 rings (SSSR count). The molecule has 4 nitrogen and oxygen atoms in total. The maximum atomic E-state index is 13.7. The highest BCUT2D eigenvalue weighted by Crippen LogP contribution is 2.22. The minimum atomic E-state index is -0.475. The highest BCUT2D eigenvalue weighted by Gasteiger charge is 2.11. The van der Waals surface area contributed by atoms with E-state index in [-0.39, 0.29) is 23.2 Å². The Balaban J connectivity index is 1.92. The second kappa shape index (κ2) is 8.08. The summed E-state index contributed by atoms with van der Waals surface area (Å²) in [6.45, 7) is 0.451. The predicted molar refractivity (Wildman–Crippen MR) is 89.3 cm³/mol. The Morgan fingerprint density at radius 2 is 2.00 bits per heavy atom. The zero-order chi connectivity index (χ0) is 17.7. The summed E-state index contributed by atoms with van der Waals surface area (Å²) in [5, 5.41) is 2.74. The van der Waals surface area contributed by atoms with Gasteiger partial charge in [-0.15, -0.1) is 0 Å². The summed E-state index contributed by atoms with van der Waals surface area (Å²) in [4.78, 5) is 13.7. The molecule has 0 spiro atoms. The molecule has 0 bridgehead atoms. The van der Waals surface area contributed by atoms with Crippen molar-refractivity contribution in [3.05, 3.63) is 58.6 Å². The number of amides is 1. The third kappa shape index (κ3) is 4.91. The average Bonchev–Trinajstić information content (AvgIpc) is 2.50. The van der Waals surface area contributed by atoms with Crippen molar-refractivity contribution in [1.82, 2.24) is 4.90 Å². The van der Waals surface area contributed by atoms with Crippen LogP contribution < -0.4 is 10.1 Å². The molecular formula is C17H17ClF2N2O2. The number of hydrogen-bond donors (Lipinski definition) is 1. The van der Waals surface area contributed by atoms with Gasteiger partial charge in [-0.3, -0.25) is 9.69 Å². The molecule has 0 atom stereocenters. The Labute approximate surface area is 144 Å². The summed E-state index contributed by atoms with van der Waals surface area (Å²) in [7, 11) is 3.13. The lowest BCUT2D eigenvalue weighted by Gasteiger charge is -2.17. The second-order valence-electron chi connectivity index (χ2n) is 5.31. The van der Waals surface area contributed by atoms with Crippen LogP contribution >= 0.6 is 11.6 Å². The molecule has 0 unspecified atom stereocenters. The van der Waals surface area contributed by atoms with E-state index in [1.807, 2.05) is 0 Å². The summed E-state index contributed by atoms with van der Waals surface area (Å²) >= 11 is 5.86. The lowest BCUT2D eigenvalue weighted by atomic mass is 10.2. The van der Waals surface area contributed by atoms with Crippen molar-refractivity contribution in [1.29, 1.82) is 0 Å². The smallest absolute Gasteiger partial charge is 0.238 e. The van der Waals surface area contributed by atoms with Crippen molar-refractivity contribution in [2.45, 2.75) is 6.54 Å². The molecule has 1 N–H and O–H groups in total. The number of halogens is 3. The van der Waals surface area contributed by atoms with E-state index in [2.05, 4.69) is 5.32 Å². The first kappa shape index (κ1) is 18.2. The number of hydrogen-bond acceptors (Lipinski definition) is 3. The van der Waals surface area contributed by atoms with Crippen molar-refractivity contribution >= 4 is 23.2 Å². The van der Waals surface area contributed by atoms with E-state index < -0.39 is 11.6 Å². The topological polar surface area (TPSA) is 41.6 Å². The van der Waals surface area contributed by atoms with E-state index in [9.17, 15) is 13.6 Å². The van der Waals surface area contributed by atoms with Gasteiger partial charge < -0.3 is 10.1 Å². The normalized spacial score (nSPS) is 10.8. The second-order valence-corrected chi connectivity index (χ2v) is 5.72. The SMILES string of the molecule is COc1ccc(CN(C)CC(=O)Nc2ccc(F)cc2Cl)cc1F. The van der Waals surface area contributed by atoms with E-state index in [0.29, 0.717) is 17.8 Å². The zero-order valence-electron chi connectivity index (χ0n) is 13.3. The van der Waals surface area contributed by atoms with Crippen LogP contribution in [0, 0.1) is 11.6 Å². The fraction of sp³-hybridized carbons (Fsp3) is 0.235. The largest absolute Gasteiger partial charge is 0.494 e. The molecular weight excluding hydrogens is 338 g/mol. The molecule has 0 radical (unpaired) electrons. The van der Waals surface area contributed by atoms with E-state index in [1.165, 1.54) is 31.4 Å². The first-order valence-corrected chi connectivity index (χ1v) is 7.52. The van der Waals surface area contributed by atoms with Crippen LogP contribution in [0.15, 0.2) is 36.4 Å². The number of ether oxygens (including phenoxy) is 1. The van der Waals surface area contributed by atoms with Crippen molar-refractivity contribution < 1.29 is 18.3 Å². The van der Waals surface area contributed by atoms with Gasteiger partial charge in [-0.1, -0.05) is 17.7 Å². The molecule has 0 aliphatic carbocycles. The fourth-order valence-corrected chi connectivity index (χ4v) is 2.42. The van der Waals surface area contributed by atoms with Crippen molar-refractivity contribution in [2.24, 2.45) is 0 Å². The van der Waals surface area contributed by atoms with Gasteiger partial charge in [0.15, 0.2) is 11.6 Å². The van der Waals surface area contributed by atoms with Gasteiger partial charge in [-0.2, -0.15) is 0 Å². The minimum Gasteiger partial charge on any atom is -0.494 e. The summed E-state index contributed by atoms with van der Waals surface area (Å²) in [5.41, 5.74) is 1.05. The number of carbonyl (C=O) groups is 1. The van der Waals surface area contributed by atoms with Gasteiger partial charge in [0.25, 0.3) is 0 Å². The van der Waals surface area contributed by atoms with Crippen molar-refractivity contribution in [2.75, 3.05) is 26.0 Å². The Morgan fingerprint density at radius 1 is 1.25 bits per heavy atom. The van der Waals surface area contributed by atoms with Gasteiger partial charge in [-0.05, 0) is 42.9 Å². The van der Waals surface area contributed by atoms with Gasteiger partial charge in [0.1, 0.15) is 5.82 Å². The fourth-order valence-electron chi connectivity index (χ4n) is 2.20. The number of methoxy groups -OCH3 is 1. The molecule has 1 amide bonds. The Kier molecular flexibility index (Phi) is 6.11. The predicted octanol–water partition coefficient (Wildman–Crippen LogP) is 3.70. The van der Waals surface area contributed by atoms with Crippen LogP contribution in [0.2, 0.25) is 5.02 Å². The lowest BCUT2D eigenvalue weighted by molar-refractivity contribution is -0.117. The van der Waals surface area contributed by atoms with Gasteiger partial charge in [-0.25, -0.2) is 8.78 Å². The highest BCUT2D eigenvalue weighted by molar-refractivity contribution is 6.33. The molecule has 2 aromatic rings. The molecule has 24 heavy (non-hydrogen) atoms. The first-order chi connectivity index (χ1) is 11.4. The van der Waals surface area contributed by atoms with Crippen LogP contribution in [0.4, 0.5) is 14.5 Å². The molecule has 0 fully saturated rings. The zero-order valence-corrected chi connectivity index (χ0v) is 14.0. The summed E-state index contributed by atoms with van der Waals surface area (Å²) in [5.74, 6) is -1.06. The van der Waals surface area contributed by atoms with E-state index in [4.69, 9.17) is 16.3 Å². The van der Waals surface area contributed by atoms with Crippen molar-refractivity contribution in [3.63, 3.8) is 0 Å². The summed E-state index contributed by atoms with van der Waals surface area (Å²) < 4.78 is 31.5. The van der Waals surface area contributed by atoms with Gasteiger partial charge >= 0.3 is 0 Å². The monoisotopic (exact) mass is 354 g/mol. The van der Waals surface area contributed by atoms with Crippen LogP contribution in [0.1, 0.15) is 5.56 Å². The Morgan fingerprint density at radius 3 is 2.62 bits per heavy atom. The van der Waals surface area contributed by atoms with Crippen LogP contribution in [-0.2, 0) is 11.3 Å². The van der Waals surface area contributed by atoms with Crippen LogP contribution in [0.5, 0.6) is 5.75 Å². The van der Waals surface area contributed by atoms with Crippen LogP contribution in [0.25, 0.3) is 0 Å². The number of nitrogens with one attached hydrogen (secondary N) is 1. The number of carbonyl (C=O) groups excluding carboxylic acids is 1. The summed E-state index contributed by atoms with van der Waals surface area (Å²) in [6, 6.07) is 8.37. The van der Waals surface area contributed by atoms with E-state index in [0.717, 1.165) is 6.07 Å². The van der Waals surface area contributed by atoms with Gasteiger partial charge in [0, 0.05) is 6.54 Å². The molecule has 0 saturated heterocycles. The standard InChI is InChI=1S/C17H17ClF2N2O2/c1-22(9-11-3-6-16(24-2)14(20)7-11)10-17(23)21-15-5-4-12(19)8-13(15)18/h3-8H,9-10H2,1-2H3,(H,21,23). The van der Waals surface area contributed by atoms with Gasteiger partial charge in [0.05, 0.1) is 24.4 Å². The van der Waals surface area contributed by atoms with E-state index >= 15 is 0 Å². The molecule has 0 aliphatic rings. The number of likely N-dealkylation sites (N-methyl/N-ethyl adjacent to an activating group) is 1. The third-order valence-corrected chi connectivity index (χ3v) is 3.60. The highest BCUT2D eigenvalue weighted by atomic mass is 35.5. The third-order valence-electron chi connectivity index (χ3n) is 3.29. The first-order valence-electron chi connectivity index (χ1n) is 7.15. The quantitative estimate of drug-likeness (QED) is 0.860. The lowest BCUT2D eigenvalue weighted by Crippen LogP contribution is -2.30. The molecule has 0 heterocycles. The number of rotatable bonds is 6. The molecule has 0 aliphatic heterocycles. The molecule has 0 saturated carbocycles. The van der Waals surface area contributed by atoms with Gasteiger partial charge in [0.2, 0.25) is 5.91 Å². The number of anilines is 1. The van der Waals surface area contributed by atoms with Crippen molar-refractivity contribution in [3.8, 4) is 5.75 Å². The van der Waals surface area contributed by atoms with Crippen LogP contribution in [0.3, 0.4) is 0 Å². The molecule has 0 aromatic heterocycles. The maximum absolute atomic E-state index is 13.7. The number of nitrogens with zero attached hydrogens (tertiary/aromatic N) is 1. The minimum absolute atomic E-state index is 0.0708. The molecule has 128 valence electrons. The summed E-state index contributed by atoms with van der Waals surface area (Å²) in [6.07, 6.45) is 0. The average molecular weight is 355 g/mol. The Bertz CT molecular complexity index is 741. The molecule has 7 heteroatoms. The number of benzene rings is 2. The Hall–Kier alpha value is -2.18.